The van der Waals surface area contributed by atoms with E-state index < -0.39 is 0 Å². The smallest absolute Gasteiger partial charge is 0.119 e. The Morgan fingerprint density at radius 2 is 1.70 bits per heavy atom. The molecule has 1 nitrogen and oxygen atoms in total. The summed E-state index contributed by atoms with van der Waals surface area (Å²) in [4.78, 5) is 0. The Labute approximate surface area is 147 Å². The maximum Gasteiger partial charge on any atom is 0.119 e. The number of ether oxygens (including phenoxy) is 1. The Hall–Kier alpha value is -1.32. The number of hydrogen-bond acceptors (Lipinski definition) is 3. The Morgan fingerprint density at radius 3 is 2.39 bits per heavy atom. The van der Waals surface area contributed by atoms with Crippen LogP contribution < -0.4 is 4.74 Å². The molecule has 0 aromatic heterocycles. The lowest BCUT2D eigenvalue weighted by Gasteiger charge is -2.32. The van der Waals surface area contributed by atoms with Crippen LogP contribution in [0.2, 0.25) is 0 Å². The zero-order chi connectivity index (χ0) is 16.0. The minimum atomic E-state index is 0.198. The average molecular weight is 343 g/mol. The van der Waals surface area contributed by atoms with Gasteiger partial charge in [-0.15, -0.1) is 23.5 Å². The molecule has 0 spiro atoms. The molecule has 1 aliphatic heterocycles. The van der Waals surface area contributed by atoms with Crippen molar-refractivity contribution in [3.63, 3.8) is 0 Å². The lowest BCUT2D eigenvalue weighted by atomic mass is 10.1. The standard InChI is InChI=1S/C20H22OS2/c1-20(22-15-6-16-23-20)18-10-12-19(13-11-18)21-14-5-9-17-7-3-2-4-8-17/h2-5,7-13H,6,14-16H2,1H3/b9-5+. The fourth-order valence-corrected chi connectivity index (χ4v) is 5.53. The first-order chi connectivity index (χ1) is 11.3. The van der Waals surface area contributed by atoms with Crippen molar-refractivity contribution >= 4 is 29.6 Å². The number of rotatable bonds is 5. The van der Waals surface area contributed by atoms with E-state index in [9.17, 15) is 0 Å². The van der Waals surface area contributed by atoms with E-state index in [0.717, 1.165) is 5.75 Å². The molecular weight excluding hydrogens is 320 g/mol. The number of thioether (sulfide) groups is 2. The van der Waals surface area contributed by atoms with E-state index in [2.05, 4.69) is 79.0 Å². The molecule has 0 amide bonds. The third kappa shape index (κ3) is 4.58. The van der Waals surface area contributed by atoms with Gasteiger partial charge in [0.25, 0.3) is 0 Å². The lowest BCUT2D eigenvalue weighted by Crippen LogP contribution is -2.18. The molecule has 0 radical (unpaired) electrons. The van der Waals surface area contributed by atoms with Gasteiger partial charge in [-0.2, -0.15) is 0 Å². The molecule has 1 fully saturated rings. The van der Waals surface area contributed by atoms with Gasteiger partial charge < -0.3 is 4.74 Å². The van der Waals surface area contributed by atoms with Gasteiger partial charge in [0, 0.05) is 0 Å². The highest BCUT2D eigenvalue weighted by molar-refractivity contribution is 8.18. The Balaban J connectivity index is 1.54. The van der Waals surface area contributed by atoms with Crippen molar-refractivity contribution in [3.05, 3.63) is 71.8 Å². The lowest BCUT2D eigenvalue weighted by molar-refractivity contribution is 0.363. The highest BCUT2D eigenvalue weighted by atomic mass is 32.2. The molecule has 0 atom stereocenters. The van der Waals surface area contributed by atoms with E-state index in [4.69, 9.17) is 4.74 Å². The predicted molar refractivity (Wildman–Crippen MR) is 104 cm³/mol. The maximum atomic E-state index is 5.80. The molecule has 1 aliphatic rings. The first-order valence-corrected chi connectivity index (χ1v) is 9.96. The van der Waals surface area contributed by atoms with E-state index in [1.165, 1.54) is 29.1 Å². The third-order valence-corrected chi connectivity index (χ3v) is 7.14. The molecule has 2 aromatic carbocycles. The summed E-state index contributed by atoms with van der Waals surface area (Å²) in [6.07, 6.45) is 5.46. The van der Waals surface area contributed by atoms with Crippen LogP contribution in [0, 0.1) is 0 Å². The fraction of sp³-hybridized carbons (Fsp3) is 0.300. The van der Waals surface area contributed by atoms with Crippen LogP contribution in [0.1, 0.15) is 24.5 Å². The van der Waals surface area contributed by atoms with E-state index in [-0.39, 0.29) is 4.08 Å². The van der Waals surface area contributed by atoms with Gasteiger partial charge in [-0.1, -0.05) is 48.5 Å². The summed E-state index contributed by atoms with van der Waals surface area (Å²) in [7, 11) is 0. The molecular formula is C20H22OS2. The molecule has 0 unspecified atom stereocenters. The summed E-state index contributed by atoms with van der Waals surface area (Å²) in [6, 6.07) is 18.9. The summed E-state index contributed by atoms with van der Waals surface area (Å²) >= 11 is 4.11. The van der Waals surface area contributed by atoms with Crippen LogP contribution in [0.3, 0.4) is 0 Å². The number of hydrogen-bond donors (Lipinski definition) is 0. The van der Waals surface area contributed by atoms with Gasteiger partial charge in [0.15, 0.2) is 0 Å². The van der Waals surface area contributed by atoms with Gasteiger partial charge in [-0.25, -0.2) is 0 Å². The molecule has 23 heavy (non-hydrogen) atoms. The molecule has 0 aliphatic carbocycles. The van der Waals surface area contributed by atoms with Crippen molar-refractivity contribution in [1.82, 2.24) is 0 Å². The highest BCUT2D eigenvalue weighted by Crippen LogP contribution is 2.49. The maximum absolute atomic E-state index is 5.80. The van der Waals surface area contributed by atoms with Crippen molar-refractivity contribution in [2.24, 2.45) is 0 Å². The van der Waals surface area contributed by atoms with E-state index in [1.807, 2.05) is 18.2 Å². The van der Waals surface area contributed by atoms with E-state index >= 15 is 0 Å². The van der Waals surface area contributed by atoms with Gasteiger partial charge in [0.2, 0.25) is 0 Å². The first-order valence-electron chi connectivity index (χ1n) is 7.99. The predicted octanol–water partition coefficient (Wildman–Crippen LogP) is 5.82. The normalized spacial score (nSPS) is 17.3. The van der Waals surface area contributed by atoms with Crippen molar-refractivity contribution in [2.75, 3.05) is 18.1 Å². The summed E-state index contributed by atoms with van der Waals surface area (Å²) in [5.74, 6) is 3.44. The van der Waals surface area contributed by atoms with E-state index in [0.29, 0.717) is 6.61 Å². The Bertz CT molecular complexity index is 628. The monoisotopic (exact) mass is 342 g/mol. The Morgan fingerprint density at radius 1 is 1.00 bits per heavy atom. The van der Waals surface area contributed by atoms with Crippen LogP contribution in [0.4, 0.5) is 0 Å². The van der Waals surface area contributed by atoms with Crippen LogP contribution in [0.5, 0.6) is 5.75 Å². The second kappa shape index (κ2) is 7.98. The fourth-order valence-electron chi connectivity index (χ4n) is 2.55. The summed E-state index contributed by atoms with van der Waals surface area (Å²) in [6.45, 7) is 2.93. The SMILES string of the molecule is CC1(c2ccc(OC/C=C/c3ccccc3)cc2)SCCCS1. The quantitative estimate of drug-likeness (QED) is 0.677. The van der Waals surface area contributed by atoms with Crippen molar-refractivity contribution in [1.29, 1.82) is 0 Å². The zero-order valence-electron chi connectivity index (χ0n) is 13.4. The van der Waals surface area contributed by atoms with Crippen molar-refractivity contribution < 1.29 is 4.74 Å². The first kappa shape index (κ1) is 16.5. The molecule has 120 valence electrons. The summed E-state index contributed by atoms with van der Waals surface area (Å²) in [5, 5.41) is 0. The minimum absolute atomic E-state index is 0.198. The van der Waals surface area contributed by atoms with Crippen LogP contribution in [0.15, 0.2) is 60.7 Å². The number of benzene rings is 2. The molecule has 0 bridgehead atoms. The topological polar surface area (TPSA) is 9.23 Å². The molecule has 0 N–H and O–H groups in total. The van der Waals surface area contributed by atoms with Crippen LogP contribution >= 0.6 is 23.5 Å². The van der Waals surface area contributed by atoms with Crippen LogP contribution in [-0.4, -0.2) is 18.1 Å². The second-order valence-electron chi connectivity index (χ2n) is 5.64. The van der Waals surface area contributed by atoms with Gasteiger partial charge >= 0.3 is 0 Å². The molecule has 0 saturated carbocycles. The summed E-state index contributed by atoms with van der Waals surface area (Å²) < 4.78 is 6.00. The largest absolute Gasteiger partial charge is 0.490 e. The zero-order valence-corrected chi connectivity index (χ0v) is 15.0. The molecule has 1 heterocycles. The van der Waals surface area contributed by atoms with Crippen molar-refractivity contribution in [3.8, 4) is 5.75 Å². The summed E-state index contributed by atoms with van der Waals surface area (Å²) in [5.41, 5.74) is 2.59. The van der Waals surface area contributed by atoms with Gasteiger partial charge in [0.1, 0.15) is 12.4 Å². The van der Waals surface area contributed by atoms with Crippen molar-refractivity contribution in [2.45, 2.75) is 17.4 Å². The minimum Gasteiger partial charge on any atom is -0.490 e. The van der Waals surface area contributed by atoms with Crippen LogP contribution in [-0.2, 0) is 4.08 Å². The Kier molecular flexibility index (Phi) is 5.74. The molecule has 1 saturated heterocycles. The second-order valence-corrected chi connectivity index (χ2v) is 8.93. The third-order valence-electron chi connectivity index (χ3n) is 3.88. The van der Waals surface area contributed by atoms with Gasteiger partial charge in [0.05, 0.1) is 4.08 Å². The van der Waals surface area contributed by atoms with Gasteiger partial charge in [-0.3, -0.25) is 0 Å². The average Bonchev–Trinajstić information content (AvgIpc) is 2.61. The van der Waals surface area contributed by atoms with Crippen LogP contribution in [0.25, 0.3) is 6.08 Å². The molecule has 2 aromatic rings. The molecule has 3 heteroatoms. The molecule has 3 rings (SSSR count). The highest BCUT2D eigenvalue weighted by Gasteiger charge is 2.30. The van der Waals surface area contributed by atoms with E-state index in [1.54, 1.807) is 0 Å². The van der Waals surface area contributed by atoms with Gasteiger partial charge in [-0.05, 0) is 54.2 Å².